The zero-order chi connectivity index (χ0) is 15.9. The lowest BCUT2D eigenvalue weighted by molar-refractivity contribution is -0.126. The van der Waals surface area contributed by atoms with E-state index in [9.17, 15) is 9.59 Å². The first-order valence-corrected chi connectivity index (χ1v) is 8.43. The van der Waals surface area contributed by atoms with Crippen molar-refractivity contribution in [3.05, 3.63) is 28.2 Å². The second kappa shape index (κ2) is 8.17. The van der Waals surface area contributed by atoms with Crippen LogP contribution in [-0.4, -0.2) is 18.4 Å². The molecule has 6 heteroatoms. The van der Waals surface area contributed by atoms with Crippen molar-refractivity contribution in [3.8, 4) is 5.75 Å². The maximum Gasteiger partial charge on any atom is 0.273 e. The normalized spacial score (nSPS) is 15.2. The van der Waals surface area contributed by atoms with E-state index in [1.807, 2.05) is 13.0 Å². The maximum atomic E-state index is 12.3. The first-order valence-electron chi connectivity index (χ1n) is 7.64. The minimum absolute atomic E-state index is 0.00271. The molecule has 0 atom stereocenters. The van der Waals surface area contributed by atoms with Crippen molar-refractivity contribution in [1.29, 1.82) is 0 Å². The van der Waals surface area contributed by atoms with Crippen LogP contribution in [-0.2, 0) is 4.79 Å². The molecule has 0 spiro atoms. The van der Waals surface area contributed by atoms with Gasteiger partial charge >= 0.3 is 0 Å². The van der Waals surface area contributed by atoms with Crippen molar-refractivity contribution < 1.29 is 14.3 Å². The molecule has 2 N–H and O–H groups in total. The van der Waals surface area contributed by atoms with E-state index in [-0.39, 0.29) is 17.7 Å². The molecule has 0 bridgehead atoms. The average molecular weight is 369 g/mol. The summed E-state index contributed by atoms with van der Waals surface area (Å²) in [5, 5.41) is 0. The number of nitrogens with one attached hydrogen (secondary N) is 2. The van der Waals surface area contributed by atoms with Gasteiger partial charge in [-0.05, 0) is 38.0 Å². The smallest absolute Gasteiger partial charge is 0.273 e. The molecule has 22 heavy (non-hydrogen) atoms. The van der Waals surface area contributed by atoms with E-state index in [0.717, 1.165) is 30.2 Å². The van der Waals surface area contributed by atoms with Gasteiger partial charge in [0.1, 0.15) is 5.75 Å². The molecule has 0 aliphatic heterocycles. The van der Waals surface area contributed by atoms with Gasteiger partial charge in [0.15, 0.2) is 0 Å². The first kappa shape index (κ1) is 16.8. The van der Waals surface area contributed by atoms with Gasteiger partial charge in [-0.15, -0.1) is 0 Å². The van der Waals surface area contributed by atoms with Gasteiger partial charge in [-0.3, -0.25) is 20.4 Å². The van der Waals surface area contributed by atoms with Crippen LogP contribution in [0, 0.1) is 5.92 Å². The van der Waals surface area contributed by atoms with Gasteiger partial charge in [0, 0.05) is 10.4 Å². The van der Waals surface area contributed by atoms with Crippen molar-refractivity contribution >= 4 is 27.7 Å². The molecular formula is C16H21BrN2O3. The number of ether oxygens (including phenoxy) is 1. The van der Waals surface area contributed by atoms with Gasteiger partial charge < -0.3 is 4.74 Å². The van der Waals surface area contributed by atoms with Crippen LogP contribution in [0.2, 0.25) is 0 Å². The van der Waals surface area contributed by atoms with Crippen molar-refractivity contribution in [2.45, 2.75) is 39.0 Å². The number of halogens is 1. The summed E-state index contributed by atoms with van der Waals surface area (Å²) in [6, 6.07) is 5.21. The fourth-order valence-corrected chi connectivity index (χ4v) is 2.97. The molecule has 5 nitrogen and oxygen atoms in total. The number of carbonyl (C=O) groups is 2. The van der Waals surface area contributed by atoms with Crippen LogP contribution in [0.3, 0.4) is 0 Å². The number of hydrogen-bond acceptors (Lipinski definition) is 3. The van der Waals surface area contributed by atoms with Crippen molar-refractivity contribution in [3.63, 3.8) is 0 Å². The lowest BCUT2D eigenvalue weighted by atomic mass is 9.89. The molecular weight excluding hydrogens is 348 g/mol. The Bertz CT molecular complexity index is 542. The van der Waals surface area contributed by atoms with E-state index in [1.165, 1.54) is 6.42 Å². The van der Waals surface area contributed by atoms with Gasteiger partial charge in [0.25, 0.3) is 5.91 Å². The topological polar surface area (TPSA) is 67.4 Å². The monoisotopic (exact) mass is 368 g/mol. The molecule has 1 saturated carbocycles. The molecule has 0 saturated heterocycles. The standard InChI is InChI=1S/C16H21BrN2O3/c1-2-22-14-9-8-12(17)10-13(14)16(21)19-18-15(20)11-6-4-3-5-7-11/h8-11H,2-7H2,1H3,(H,18,20)(H,19,21). The van der Waals surface area contributed by atoms with Crippen molar-refractivity contribution in [2.75, 3.05) is 6.61 Å². The zero-order valence-electron chi connectivity index (χ0n) is 12.7. The predicted molar refractivity (Wildman–Crippen MR) is 87.5 cm³/mol. The summed E-state index contributed by atoms with van der Waals surface area (Å²) >= 11 is 3.34. The molecule has 1 fully saturated rings. The average Bonchev–Trinajstić information content (AvgIpc) is 2.55. The fraction of sp³-hybridized carbons (Fsp3) is 0.500. The van der Waals surface area contributed by atoms with Gasteiger partial charge in [0.05, 0.1) is 12.2 Å². The quantitative estimate of drug-likeness (QED) is 0.801. The minimum Gasteiger partial charge on any atom is -0.493 e. The van der Waals surface area contributed by atoms with Gasteiger partial charge in [-0.2, -0.15) is 0 Å². The maximum absolute atomic E-state index is 12.3. The van der Waals surface area contributed by atoms with E-state index < -0.39 is 0 Å². The molecule has 120 valence electrons. The third-order valence-electron chi connectivity index (χ3n) is 3.76. The summed E-state index contributed by atoms with van der Waals surface area (Å²) in [4.78, 5) is 24.3. The molecule has 1 aliphatic carbocycles. The summed E-state index contributed by atoms with van der Waals surface area (Å²) in [5.41, 5.74) is 5.40. The van der Waals surface area contributed by atoms with E-state index in [1.54, 1.807) is 12.1 Å². The van der Waals surface area contributed by atoms with Crippen LogP contribution >= 0.6 is 15.9 Å². The van der Waals surface area contributed by atoms with Gasteiger partial charge in [0.2, 0.25) is 5.91 Å². The summed E-state index contributed by atoms with van der Waals surface area (Å²) in [6.07, 6.45) is 5.12. The molecule has 1 aromatic rings. The SMILES string of the molecule is CCOc1ccc(Br)cc1C(=O)NNC(=O)C1CCCCC1. The number of benzene rings is 1. The Morgan fingerprint density at radius 2 is 1.95 bits per heavy atom. The van der Waals surface area contributed by atoms with E-state index in [4.69, 9.17) is 4.74 Å². The minimum atomic E-state index is -0.381. The van der Waals surface area contributed by atoms with E-state index in [0.29, 0.717) is 17.9 Å². The first-order chi connectivity index (χ1) is 10.6. The Balaban J connectivity index is 1.96. The molecule has 2 rings (SSSR count). The van der Waals surface area contributed by atoms with Crippen LogP contribution in [0.15, 0.2) is 22.7 Å². The highest BCUT2D eigenvalue weighted by atomic mass is 79.9. The largest absolute Gasteiger partial charge is 0.493 e. The molecule has 1 aliphatic rings. The number of hydrazine groups is 1. The molecule has 0 unspecified atom stereocenters. The third kappa shape index (κ3) is 4.47. The summed E-state index contributed by atoms with van der Waals surface area (Å²) in [7, 11) is 0. The Hall–Kier alpha value is -1.56. The van der Waals surface area contributed by atoms with Gasteiger partial charge in [-0.1, -0.05) is 35.2 Å². The highest BCUT2D eigenvalue weighted by molar-refractivity contribution is 9.10. The lowest BCUT2D eigenvalue weighted by Crippen LogP contribution is -2.45. The summed E-state index contributed by atoms with van der Waals surface area (Å²) in [5.74, 6) is 0.00736. The van der Waals surface area contributed by atoms with Crippen LogP contribution < -0.4 is 15.6 Å². The predicted octanol–water partition coefficient (Wildman–Crippen LogP) is 3.19. The Labute approximate surface area is 138 Å². The molecule has 1 aromatic carbocycles. The Kier molecular flexibility index (Phi) is 6.24. The second-order valence-electron chi connectivity index (χ2n) is 5.35. The third-order valence-corrected chi connectivity index (χ3v) is 4.25. The molecule has 0 radical (unpaired) electrons. The molecule has 0 aromatic heterocycles. The van der Waals surface area contributed by atoms with Gasteiger partial charge in [-0.25, -0.2) is 0 Å². The van der Waals surface area contributed by atoms with Crippen molar-refractivity contribution in [1.82, 2.24) is 10.9 Å². The van der Waals surface area contributed by atoms with Crippen LogP contribution in [0.5, 0.6) is 5.75 Å². The number of rotatable bonds is 4. The second-order valence-corrected chi connectivity index (χ2v) is 6.27. The van der Waals surface area contributed by atoms with E-state index >= 15 is 0 Å². The number of hydrogen-bond donors (Lipinski definition) is 2. The summed E-state index contributed by atoms with van der Waals surface area (Å²) in [6.45, 7) is 2.32. The fourth-order valence-electron chi connectivity index (χ4n) is 2.61. The van der Waals surface area contributed by atoms with Crippen molar-refractivity contribution in [2.24, 2.45) is 5.92 Å². The van der Waals surface area contributed by atoms with E-state index in [2.05, 4.69) is 26.8 Å². The highest BCUT2D eigenvalue weighted by Gasteiger charge is 2.22. The van der Waals surface area contributed by atoms with Crippen LogP contribution in [0.25, 0.3) is 0 Å². The summed E-state index contributed by atoms with van der Waals surface area (Å²) < 4.78 is 6.22. The van der Waals surface area contributed by atoms with Crippen LogP contribution in [0.1, 0.15) is 49.4 Å². The zero-order valence-corrected chi connectivity index (χ0v) is 14.2. The number of amides is 2. The molecule has 2 amide bonds. The highest BCUT2D eigenvalue weighted by Crippen LogP contribution is 2.24. The number of carbonyl (C=O) groups excluding carboxylic acids is 2. The van der Waals surface area contributed by atoms with Crippen LogP contribution in [0.4, 0.5) is 0 Å². The Morgan fingerprint density at radius 1 is 1.23 bits per heavy atom. The molecule has 0 heterocycles. The lowest BCUT2D eigenvalue weighted by Gasteiger charge is -2.21. The Morgan fingerprint density at radius 3 is 2.64 bits per heavy atom.